The third-order valence-corrected chi connectivity index (χ3v) is 3.04. The van der Waals surface area contributed by atoms with Crippen LogP contribution < -0.4 is 4.90 Å². The van der Waals surface area contributed by atoms with Gasteiger partial charge in [-0.3, -0.25) is 0 Å². The van der Waals surface area contributed by atoms with Crippen molar-refractivity contribution in [2.45, 2.75) is 12.5 Å². The van der Waals surface area contributed by atoms with Gasteiger partial charge in [-0.15, -0.1) is 0 Å². The van der Waals surface area contributed by atoms with Gasteiger partial charge in [0.2, 0.25) is 0 Å². The lowest BCUT2D eigenvalue weighted by Crippen LogP contribution is -2.22. The van der Waals surface area contributed by atoms with E-state index in [0.717, 1.165) is 23.3 Å². The molecule has 0 unspecified atom stereocenters. The Balaban J connectivity index is 2.24. The Bertz CT molecular complexity index is 348. The molecule has 3 nitrogen and oxygen atoms in total. The van der Waals surface area contributed by atoms with Gasteiger partial charge in [0.25, 0.3) is 0 Å². The summed E-state index contributed by atoms with van der Waals surface area (Å²) in [7, 11) is 0. The van der Waals surface area contributed by atoms with E-state index in [4.69, 9.17) is 11.6 Å². The Morgan fingerprint density at radius 2 is 2.43 bits per heavy atom. The molecule has 2 heterocycles. The lowest BCUT2D eigenvalue weighted by atomic mass is 10.3. The van der Waals surface area contributed by atoms with Gasteiger partial charge in [0.05, 0.1) is 15.6 Å². The minimum absolute atomic E-state index is 0.237. The van der Waals surface area contributed by atoms with Crippen molar-refractivity contribution in [3.63, 3.8) is 0 Å². The normalized spacial score (nSPS) is 21.6. The van der Waals surface area contributed by atoms with Crippen molar-refractivity contribution in [1.29, 1.82) is 0 Å². The van der Waals surface area contributed by atoms with Crippen LogP contribution in [-0.4, -0.2) is 29.3 Å². The number of aliphatic hydroxyl groups excluding tert-OH is 1. The van der Waals surface area contributed by atoms with E-state index in [0.29, 0.717) is 11.6 Å². The van der Waals surface area contributed by atoms with Gasteiger partial charge in [0, 0.05) is 19.3 Å². The molecule has 5 heteroatoms. The van der Waals surface area contributed by atoms with E-state index in [-0.39, 0.29) is 6.10 Å². The van der Waals surface area contributed by atoms with Gasteiger partial charge in [-0.1, -0.05) is 11.6 Å². The molecule has 0 bridgehead atoms. The molecule has 0 aromatic carbocycles. The molecule has 1 aliphatic heterocycles. The van der Waals surface area contributed by atoms with E-state index in [2.05, 4.69) is 20.9 Å². The smallest absolute Gasteiger partial charge is 0.143 e. The number of halogens is 2. The molecule has 76 valence electrons. The van der Waals surface area contributed by atoms with Crippen LogP contribution in [0.25, 0.3) is 0 Å². The fraction of sp³-hybridized carbons (Fsp3) is 0.444. The van der Waals surface area contributed by atoms with Crippen LogP contribution >= 0.6 is 27.5 Å². The molecule has 1 atom stereocenters. The van der Waals surface area contributed by atoms with Crippen molar-refractivity contribution in [3.8, 4) is 0 Å². The second kappa shape index (κ2) is 4.04. The van der Waals surface area contributed by atoms with E-state index in [1.165, 1.54) is 0 Å². The van der Waals surface area contributed by atoms with Crippen molar-refractivity contribution in [2.75, 3.05) is 18.0 Å². The van der Waals surface area contributed by atoms with Crippen LogP contribution in [-0.2, 0) is 0 Å². The monoisotopic (exact) mass is 276 g/mol. The summed E-state index contributed by atoms with van der Waals surface area (Å²) in [4.78, 5) is 6.28. The van der Waals surface area contributed by atoms with Crippen LogP contribution in [0.3, 0.4) is 0 Å². The number of hydrogen-bond acceptors (Lipinski definition) is 3. The minimum Gasteiger partial charge on any atom is -0.391 e. The number of aromatic nitrogens is 1. The van der Waals surface area contributed by atoms with Crippen LogP contribution in [0.2, 0.25) is 5.02 Å². The summed E-state index contributed by atoms with van der Waals surface area (Å²) in [5, 5.41) is 10.0. The molecule has 0 radical (unpaired) electrons. The second-order valence-electron chi connectivity index (χ2n) is 3.35. The van der Waals surface area contributed by atoms with Crippen molar-refractivity contribution in [1.82, 2.24) is 4.98 Å². The van der Waals surface area contributed by atoms with Crippen LogP contribution in [0, 0.1) is 0 Å². The van der Waals surface area contributed by atoms with E-state index in [9.17, 15) is 5.11 Å². The number of aliphatic hydroxyl groups is 1. The van der Waals surface area contributed by atoms with E-state index < -0.39 is 0 Å². The van der Waals surface area contributed by atoms with Crippen LogP contribution in [0.4, 0.5) is 5.82 Å². The zero-order valence-corrected chi connectivity index (χ0v) is 9.79. The maximum absolute atomic E-state index is 9.40. The highest BCUT2D eigenvalue weighted by Gasteiger charge is 2.22. The van der Waals surface area contributed by atoms with Crippen LogP contribution in [0.15, 0.2) is 16.7 Å². The van der Waals surface area contributed by atoms with Gasteiger partial charge in [-0.2, -0.15) is 0 Å². The van der Waals surface area contributed by atoms with E-state index >= 15 is 0 Å². The molecule has 1 saturated heterocycles. The van der Waals surface area contributed by atoms with Crippen molar-refractivity contribution >= 4 is 33.3 Å². The number of β-amino-alcohol motifs (C(OH)–C–C–N with tert-alkyl or cyclic N) is 1. The summed E-state index contributed by atoms with van der Waals surface area (Å²) < 4.78 is 0.874. The minimum atomic E-state index is -0.237. The van der Waals surface area contributed by atoms with Crippen molar-refractivity contribution in [3.05, 3.63) is 21.8 Å². The van der Waals surface area contributed by atoms with Gasteiger partial charge in [-0.05, 0) is 28.4 Å². The average Bonchev–Trinajstić information content (AvgIpc) is 2.51. The van der Waals surface area contributed by atoms with Crippen LogP contribution in [0.1, 0.15) is 6.42 Å². The second-order valence-corrected chi connectivity index (χ2v) is 4.64. The Hall–Kier alpha value is -0.320. The predicted octanol–water partition coefficient (Wildman–Crippen LogP) is 2.07. The molecule has 0 amide bonds. The molecule has 0 aliphatic carbocycles. The van der Waals surface area contributed by atoms with Gasteiger partial charge in [0.1, 0.15) is 5.82 Å². The fourth-order valence-electron chi connectivity index (χ4n) is 1.57. The maximum atomic E-state index is 9.40. The SMILES string of the molecule is O[C@@H]1CCN(c2ncc(Cl)cc2Br)C1. The molecule has 0 spiro atoms. The Morgan fingerprint density at radius 3 is 3.00 bits per heavy atom. The number of pyridine rings is 1. The first kappa shape index (κ1) is 10.2. The standard InChI is InChI=1S/C9H10BrClN2O/c10-8-3-6(11)4-12-9(8)13-2-1-7(14)5-13/h3-4,7,14H,1-2,5H2/t7-/m1/s1. The Kier molecular flexibility index (Phi) is 2.95. The first-order valence-electron chi connectivity index (χ1n) is 4.41. The lowest BCUT2D eigenvalue weighted by Gasteiger charge is -2.17. The Morgan fingerprint density at radius 1 is 1.64 bits per heavy atom. The lowest BCUT2D eigenvalue weighted by molar-refractivity contribution is 0.198. The number of nitrogens with zero attached hydrogens (tertiary/aromatic N) is 2. The third kappa shape index (κ3) is 2.02. The summed E-state index contributed by atoms with van der Waals surface area (Å²) in [5.41, 5.74) is 0. The van der Waals surface area contributed by atoms with Crippen molar-refractivity contribution < 1.29 is 5.11 Å². The molecule has 2 rings (SSSR count). The number of rotatable bonds is 1. The summed E-state index contributed by atoms with van der Waals surface area (Å²) in [6.45, 7) is 1.49. The molecular formula is C9H10BrClN2O. The highest BCUT2D eigenvalue weighted by Crippen LogP contribution is 2.28. The van der Waals surface area contributed by atoms with E-state index in [1.54, 1.807) is 6.20 Å². The first-order valence-corrected chi connectivity index (χ1v) is 5.58. The number of hydrogen-bond donors (Lipinski definition) is 1. The van der Waals surface area contributed by atoms with Crippen molar-refractivity contribution in [2.24, 2.45) is 0 Å². The molecule has 0 saturated carbocycles. The summed E-state index contributed by atoms with van der Waals surface area (Å²) in [5.74, 6) is 0.853. The van der Waals surface area contributed by atoms with Gasteiger partial charge >= 0.3 is 0 Å². The molecule has 1 fully saturated rings. The summed E-state index contributed by atoms with van der Waals surface area (Å²) >= 11 is 9.20. The highest BCUT2D eigenvalue weighted by atomic mass is 79.9. The summed E-state index contributed by atoms with van der Waals surface area (Å²) in [6.07, 6.45) is 2.18. The fourth-order valence-corrected chi connectivity index (χ4v) is 2.46. The van der Waals surface area contributed by atoms with E-state index in [1.807, 2.05) is 11.0 Å². The first-order chi connectivity index (χ1) is 6.66. The zero-order chi connectivity index (χ0) is 10.1. The molecular weight excluding hydrogens is 267 g/mol. The zero-order valence-electron chi connectivity index (χ0n) is 7.45. The Labute approximate surface area is 95.8 Å². The third-order valence-electron chi connectivity index (χ3n) is 2.25. The molecule has 1 N–H and O–H groups in total. The van der Waals surface area contributed by atoms with Gasteiger partial charge in [-0.25, -0.2) is 4.98 Å². The predicted molar refractivity (Wildman–Crippen MR) is 59.8 cm³/mol. The highest BCUT2D eigenvalue weighted by molar-refractivity contribution is 9.10. The van der Waals surface area contributed by atoms with Crippen LogP contribution in [0.5, 0.6) is 0 Å². The largest absolute Gasteiger partial charge is 0.391 e. The molecule has 14 heavy (non-hydrogen) atoms. The number of anilines is 1. The maximum Gasteiger partial charge on any atom is 0.143 e. The van der Waals surface area contributed by atoms with Gasteiger partial charge in [0.15, 0.2) is 0 Å². The molecule has 1 aromatic rings. The summed E-state index contributed by atoms with van der Waals surface area (Å²) in [6, 6.07) is 1.81. The molecule has 1 aliphatic rings. The average molecular weight is 278 g/mol. The topological polar surface area (TPSA) is 36.4 Å². The quantitative estimate of drug-likeness (QED) is 0.854. The molecule has 1 aromatic heterocycles. The van der Waals surface area contributed by atoms with Gasteiger partial charge < -0.3 is 10.0 Å².